The third-order valence-corrected chi connectivity index (χ3v) is 4.49. The summed E-state index contributed by atoms with van der Waals surface area (Å²) in [5, 5.41) is 11.9. The number of hydrogen-bond donors (Lipinski definition) is 1. The highest BCUT2D eigenvalue weighted by atomic mass is 35.5. The van der Waals surface area contributed by atoms with Crippen molar-refractivity contribution in [3.05, 3.63) is 33.0 Å². The summed E-state index contributed by atoms with van der Waals surface area (Å²) >= 11 is 8.04. The summed E-state index contributed by atoms with van der Waals surface area (Å²) in [7, 11) is 0. The monoisotopic (exact) mass is 298 g/mol. The Bertz CT molecular complexity index is 521. The molecule has 0 fully saturated rings. The first-order chi connectivity index (χ1) is 9.17. The van der Waals surface area contributed by atoms with Crippen molar-refractivity contribution in [1.29, 1.82) is 0 Å². The number of nitrogens with one attached hydrogen (secondary N) is 1. The summed E-state index contributed by atoms with van der Waals surface area (Å²) in [6, 6.07) is 0.223. The van der Waals surface area contributed by atoms with E-state index in [1.54, 1.807) is 11.3 Å². The molecule has 0 radical (unpaired) electrons. The number of aromatic nitrogens is 3. The molecule has 1 unspecified atom stereocenters. The maximum Gasteiger partial charge on any atom is 0.109 e. The fourth-order valence-corrected chi connectivity index (χ4v) is 2.98. The predicted molar refractivity (Wildman–Crippen MR) is 79.7 cm³/mol. The Morgan fingerprint density at radius 3 is 2.84 bits per heavy atom. The minimum Gasteiger partial charge on any atom is -0.302 e. The van der Waals surface area contributed by atoms with Crippen LogP contribution in [0.3, 0.4) is 0 Å². The van der Waals surface area contributed by atoms with Crippen LogP contribution in [0.2, 0.25) is 5.02 Å². The lowest BCUT2D eigenvalue weighted by Crippen LogP contribution is -2.20. The maximum absolute atomic E-state index is 6.38. The molecule has 0 saturated carbocycles. The van der Waals surface area contributed by atoms with Crippen LogP contribution in [0.25, 0.3) is 0 Å². The molecule has 2 aromatic heterocycles. The van der Waals surface area contributed by atoms with Gasteiger partial charge in [-0.15, -0.1) is 11.3 Å². The minimum atomic E-state index is 0.223. The largest absolute Gasteiger partial charge is 0.302 e. The molecule has 0 aliphatic carbocycles. The molecule has 19 heavy (non-hydrogen) atoms. The first-order valence-corrected chi connectivity index (χ1v) is 7.79. The standard InChI is InChI=1S/C13H19ClN4S/c1-4-10-12(14)11(18(5-2)17-10)8-16-9(3)13-15-6-7-19-13/h6-7,9,16H,4-5,8H2,1-3H3. The fourth-order valence-electron chi connectivity index (χ4n) is 1.97. The van der Waals surface area contributed by atoms with Crippen LogP contribution in [0.1, 0.15) is 43.2 Å². The highest BCUT2D eigenvalue weighted by Crippen LogP contribution is 2.23. The van der Waals surface area contributed by atoms with E-state index in [0.29, 0.717) is 6.54 Å². The van der Waals surface area contributed by atoms with E-state index < -0.39 is 0 Å². The van der Waals surface area contributed by atoms with Crippen LogP contribution in [-0.4, -0.2) is 14.8 Å². The molecule has 1 atom stereocenters. The van der Waals surface area contributed by atoms with E-state index in [-0.39, 0.29) is 6.04 Å². The zero-order valence-electron chi connectivity index (χ0n) is 11.5. The zero-order chi connectivity index (χ0) is 13.8. The normalized spacial score (nSPS) is 12.8. The summed E-state index contributed by atoms with van der Waals surface area (Å²) in [5.74, 6) is 0. The Balaban J connectivity index is 2.08. The zero-order valence-corrected chi connectivity index (χ0v) is 13.1. The van der Waals surface area contributed by atoms with E-state index in [9.17, 15) is 0 Å². The highest BCUT2D eigenvalue weighted by Gasteiger charge is 2.15. The third kappa shape index (κ3) is 3.16. The number of nitrogens with zero attached hydrogens (tertiary/aromatic N) is 3. The molecule has 0 amide bonds. The Labute approximate surface area is 122 Å². The van der Waals surface area contributed by atoms with Gasteiger partial charge in [-0.3, -0.25) is 4.68 Å². The molecule has 2 aromatic rings. The second-order valence-electron chi connectivity index (χ2n) is 4.35. The van der Waals surface area contributed by atoms with E-state index in [4.69, 9.17) is 11.6 Å². The van der Waals surface area contributed by atoms with Crippen molar-refractivity contribution in [2.24, 2.45) is 0 Å². The first-order valence-electron chi connectivity index (χ1n) is 6.54. The second kappa shape index (κ2) is 6.50. The van der Waals surface area contributed by atoms with Crippen molar-refractivity contribution in [3.63, 3.8) is 0 Å². The van der Waals surface area contributed by atoms with Crippen molar-refractivity contribution in [3.8, 4) is 0 Å². The highest BCUT2D eigenvalue weighted by molar-refractivity contribution is 7.09. The number of halogens is 1. The molecule has 0 aliphatic rings. The molecular formula is C13H19ClN4S. The van der Waals surface area contributed by atoms with Crippen LogP contribution in [0.15, 0.2) is 11.6 Å². The molecule has 2 rings (SSSR count). The van der Waals surface area contributed by atoms with E-state index >= 15 is 0 Å². The molecule has 2 heterocycles. The van der Waals surface area contributed by atoms with Crippen molar-refractivity contribution < 1.29 is 0 Å². The Morgan fingerprint density at radius 2 is 2.26 bits per heavy atom. The van der Waals surface area contributed by atoms with Crippen molar-refractivity contribution in [2.75, 3.05) is 0 Å². The van der Waals surface area contributed by atoms with E-state index in [2.05, 4.69) is 36.2 Å². The third-order valence-electron chi connectivity index (χ3n) is 3.09. The maximum atomic E-state index is 6.38. The van der Waals surface area contributed by atoms with Crippen molar-refractivity contribution in [1.82, 2.24) is 20.1 Å². The number of hydrogen-bond acceptors (Lipinski definition) is 4. The van der Waals surface area contributed by atoms with Gasteiger partial charge in [0.1, 0.15) is 5.01 Å². The Hall–Kier alpha value is -0.910. The lowest BCUT2D eigenvalue weighted by atomic mass is 10.3. The van der Waals surface area contributed by atoms with Gasteiger partial charge in [-0.05, 0) is 20.3 Å². The van der Waals surface area contributed by atoms with Crippen molar-refractivity contribution >= 4 is 22.9 Å². The van der Waals surface area contributed by atoms with Crippen LogP contribution in [-0.2, 0) is 19.5 Å². The number of aryl methyl sites for hydroxylation is 2. The van der Waals surface area contributed by atoms with Crippen LogP contribution in [0.5, 0.6) is 0 Å². The van der Waals surface area contributed by atoms with Crippen LogP contribution in [0, 0.1) is 0 Å². The molecule has 0 bridgehead atoms. The van der Waals surface area contributed by atoms with Gasteiger partial charge < -0.3 is 5.32 Å². The molecule has 0 aromatic carbocycles. The average molecular weight is 299 g/mol. The number of rotatable bonds is 6. The van der Waals surface area contributed by atoms with E-state index in [1.165, 1.54) is 0 Å². The molecule has 0 saturated heterocycles. The number of thiazole rings is 1. The summed E-state index contributed by atoms with van der Waals surface area (Å²) in [5.41, 5.74) is 2.03. The van der Waals surface area contributed by atoms with Gasteiger partial charge in [0.25, 0.3) is 0 Å². The predicted octanol–water partition coefficient (Wildman–Crippen LogP) is 3.43. The second-order valence-corrected chi connectivity index (χ2v) is 5.65. The quantitative estimate of drug-likeness (QED) is 0.888. The summed E-state index contributed by atoms with van der Waals surface area (Å²) in [6.45, 7) is 7.81. The lowest BCUT2D eigenvalue weighted by Gasteiger charge is -2.12. The van der Waals surface area contributed by atoms with Gasteiger partial charge in [-0.1, -0.05) is 18.5 Å². The molecule has 104 valence electrons. The van der Waals surface area contributed by atoms with Crippen LogP contribution in [0.4, 0.5) is 0 Å². The van der Waals surface area contributed by atoms with Crippen molar-refractivity contribution in [2.45, 2.75) is 46.3 Å². The minimum absolute atomic E-state index is 0.223. The van der Waals surface area contributed by atoms with Gasteiger partial charge in [-0.2, -0.15) is 5.10 Å². The summed E-state index contributed by atoms with van der Waals surface area (Å²) in [4.78, 5) is 4.32. The molecule has 4 nitrogen and oxygen atoms in total. The van der Waals surface area contributed by atoms with E-state index in [1.807, 2.05) is 16.3 Å². The van der Waals surface area contributed by atoms with E-state index in [0.717, 1.165) is 34.4 Å². The molecule has 6 heteroatoms. The SMILES string of the molecule is CCc1nn(CC)c(CNC(C)c2nccs2)c1Cl. The van der Waals surface area contributed by atoms with Gasteiger partial charge in [0, 0.05) is 24.7 Å². The molecule has 0 spiro atoms. The molecular weight excluding hydrogens is 280 g/mol. The van der Waals surface area contributed by atoms with Crippen LogP contribution >= 0.6 is 22.9 Å². The Kier molecular flexibility index (Phi) is 4.96. The first kappa shape index (κ1) is 14.5. The Morgan fingerprint density at radius 1 is 1.47 bits per heavy atom. The molecule has 0 aliphatic heterocycles. The topological polar surface area (TPSA) is 42.7 Å². The van der Waals surface area contributed by atoms with Gasteiger partial charge in [0.05, 0.1) is 22.5 Å². The summed E-state index contributed by atoms with van der Waals surface area (Å²) in [6.07, 6.45) is 2.69. The smallest absolute Gasteiger partial charge is 0.109 e. The van der Waals surface area contributed by atoms with Gasteiger partial charge in [0.15, 0.2) is 0 Å². The fraction of sp³-hybridized carbons (Fsp3) is 0.538. The van der Waals surface area contributed by atoms with Gasteiger partial charge >= 0.3 is 0 Å². The molecule has 1 N–H and O–H groups in total. The van der Waals surface area contributed by atoms with Gasteiger partial charge in [0.2, 0.25) is 0 Å². The average Bonchev–Trinajstić information content (AvgIpc) is 3.04. The van der Waals surface area contributed by atoms with Gasteiger partial charge in [-0.25, -0.2) is 4.98 Å². The lowest BCUT2D eigenvalue weighted by molar-refractivity contribution is 0.529. The summed E-state index contributed by atoms with van der Waals surface area (Å²) < 4.78 is 1.97. The van der Waals surface area contributed by atoms with Crippen LogP contribution < -0.4 is 5.32 Å².